The lowest BCUT2D eigenvalue weighted by Crippen LogP contribution is -2.22. The second-order valence-corrected chi connectivity index (χ2v) is 3.93. The quantitative estimate of drug-likeness (QED) is 0.693. The van der Waals surface area contributed by atoms with Crippen molar-refractivity contribution in [2.45, 2.75) is 25.4 Å². The number of benzene rings is 1. The van der Waals surface area contributed by atoms with E-state index in [9.17, 15) is 4.79 Å². The van der Waals surface area contributed by atoms with Crippen molar-refractivity contribution in [1.82, 2.24) is 5.32 Å². The highest BCUT2D eigenvalue weighted by Gasteiger charge is 2.33. The van der Waals surface area contributed by atoms with E-state index in [1.807, 2.05) is 0 Å². The number of carbonyl (C=O) groups is 1. The molecule has 1 aromatic carbocycles. The van der Waals surface area contributed by atoms with E-state index in [1.54, 1.807) is 0 Å². The maximum Gasteiger partial charge on any atom is 0.325 e. The zero-order valence-corrected chi connectivity index (χ0v) is 7.71. The monoisotopic (exact) mass is 189 g/mol. The zero-order chi connectivity index (χ0) is 9.71. The zero-order valence-electron chi connectivity index (χ0n) is 7.71. The van der Waals surface area contributed by atoms with Crippen LogP contribution in [0, 0.1) is 0 Å². The average Bonchev–Trinajstić information content (AvgIpc) is 2.65. The van der Waals surface area contributed by atoms with Gasteiger partial charge in [0, 0.05) is 6.54 Å². The molecule has 3 aliphatic rings. The van der Waals surface area contributed by atoms with Gasteiger partial charge in [0.2, 0.25) is 0 Å². The molecule has 1 atom stereocenters. The standard InChI is InChI=1S/C11H11NO2/c13-11(14)10-9-7-3-1-6(2-4-7)8(9)5-12-10/h1,3,10,12H,2,4-5H2,(H,13,14). The SMILES string of the molecule is O=C(O)C1NCc2c3ccc(c21)CC3. The molecule has 0 spiro atoms. The first-order valence-corrected chi connectivity index (χ1v) is 4.87. The topological polar surface area (TPSA) is 49.3 Å². The van der Waals surface area contributed by atoms with Gasteiger partial charge in [-0.05, 0) is 35.1 Å². The van der Waals surface area contributed by atoms with Crippen LogP contribution in [0.15, 0.2) is 12.1 Å². The summed E-state index contributed by atoms with van der Waals surface area (Å²) in [6.45, 7) is 0.718. The molecule has 1 unspecified atom stereocenters. The third kappa shape index (κ3) is 0.876. The highest BCUT2D eigenvalue weighted by atomic mass is 16.4. The number of nitrogens with one attached hydrogen (secondary N) is 1. The van der Waals surface area contributed by atoms with E-state index in [4.69, 9.17) is 5.11 Å². The van der Waals surface area contributed by atoms with E-state index < -0.39 is 12.0 Å². The van der Waals surface area contributed by atoms with Crippen LogP contribution in [0.1, 0.15) is 28.3 Å². The third-order valence-corrected chi connectivity index (χ3v) is 3.23. The van der Waals surface area contributed by atoms with Crippen LogP contribution in [0.5, 0.6) is 0 Å². The van der Waals surface area contributed by atoms with E-state index in [0.29, 0.717) is 0 Å². The molecule has 72 valence electrons. The number of hydrogen-bond donors (Lipinski definition) is 2. The Hall–Kier alpha value is -1.35. The fraction of sp³-hybridized carbons (Fsp3) is 0.364. The second kappa shape index (κ2) is 2.58. The van der Waals surface area contributed by atoms with Crippen LogP contribution in [0.25, 0.3) is 0 Å². The number of hydrogen-bond acceptors (Lipinski definition) is 2. The molecule has 1 heterocycles. The van der Waals surface area contributed by atoms with Crippen molar-refractivity contribution < 1.29 is 9.90 Å². The minimum absolute atomic E-state index is 0.472. The number of rotatable bonds is 1. The molecule has 0 amide bonds. The predicted molar refractivity (Wildman–Crippen MR) is 51.1 cm³/mol. The molecule has 0 aromatic heterocycles. The summed E-state index contributed by atoms with van der Waals surface area (Å²) in [5.41, 5.74) is 4.82. The average molecular weight is 189 g/mol. The number of carboxylic acid groups (broad SMARTS) is 1. The van der Waals surface area contributed by atoms with Crippen molar-refractivity contribution in [3.05, 3.63) is 34.4 Å². The molecule has 2 N–H and O–H groups in total. The summed E-state index contributed by atoms with van der Waals surface area (Å²) in [4.78, 5) is 11.0. The van der Waals surface area contributed by atoms with Gasteiger partial charge >= 0.3 is 5.97 Å². The van der Waals surface area contributed by atoms with Crippen molar-refractivity contribution in [1.29, 1.82) is 0 Å². The Morgan fingerprint density at radius 3 is 2.71 bits per heavy atom. The summed E-state index contributed by atoms with van der Waals surface area (Å²) in [7, 11) is 0. The molecule has 3 heteroatoms. The summed E-state index contributed by atoms with van der Waals surface area (Å²) < 4.78 is 0. The first kappa shape index (κ1) is 8.00. The Morgan fingerprint density at radius 1 is 1.36 bits per heavy atom. The molecular weight excluding hydrogens is 178 g/mol. The molecular formula is C11H11NO2. The van der Waals surface area contributed by atoms with E-state index in [0.717, 1.165) is 24.9 Å². The Bertz CT molecular complexity index is 426. The molecule has 4 rings (SSSR count). The van der Waals surface area contributed by atoms with Crippen molar-refractivity contribution in [3.63, 3.8) is 0 Å². The van der Waals surface area contributed by atoms with E-state index in [-0.39, 0.29) is 0 Å². The highest BCUT2D eigenvalue weighted by molar-refractivity contribution is 5.78. The van der Waals surface area contributed by atoms with Crippen molar-refractivity contribution in [2.75, 3.05) is 0 Å². The van der Waals surface area contributed by atoms with Crippen LogP contribution in [-0.2, 0) is 24.2 Å². The number of fused-ring (bicyclic) bond motifs is 2. The predicted octanol–water partition coefficient (Wildman–Crippen LogP) is 1.01. The van der Waals surface area contributed by atoms with Crippen LogP contribution in [-0.4, -0.2) is 11.1 Å². The molecule has 0 radical (unpaired) electrons. The largest absolute Gasteiger partial charge is 0.480 e. The maximum atomic E-state index is 11.0. The third-order valence-electron chi connectivity index (χ3n) is 3.23. The molecule has 1 aromatic rings. The fourth-order valence-electron chi connectivity index (χ4n) is 2.57. The molecule has 0 fully saturated rings. The molecule has 0 saturated carbocycles. The maximum absolute atomic E-state index is 11.0. The van der Waals surface area contributed by atoms with Crippen LogP contribution in [0.4, 0.5) is 0 Å². The molecule has 1 aliphatic heterocycles. The first-order chi connectivity index (χ1) is 6.77. The van der Waals surface area contributed by atoms with Gasteiger partial charge in [0.05, 0.1) is 0 Å². The van der Waals surface area contributed by atoms with Gasteiger partial charge in [-0.15, -0.1) is 0 Å². The van der Waals surface area contributed by atoms with Crippen LogP contribution in [0.3, 0.4) is 0 Å². The number of aryl methyl sites for hydroxylation is 2. The smallest absolute Gasteiger partial charge is 0.325 e. The van der Waals surface area contributed by atoms with E-state index in [1.165, 1.54) is 16.7 Å². The summed E-state index contributed by atoms with van der Waals surface area (Å²) in [6, 6.07) is 3.73. The van der Waals surface area contributed by atoms with Gasteiger partial charge in [0.25, 0.3) is 0 Å². The summed E-state index contributed by atoms with van der Waals surface area (Å²) in [5.74, 6) is -0.760. The van der Waals surface area contributed by atoms with Gasteiger partial charge in [-0.25, -0.2) is 0 Å². The molecule has 0 saturated heterocycles. The van der Waals surface area contributed by atoms with Gasteiger partial charge < -0.3 is 5.11 Å². The van der Waals surface area contributed by atoms with Gasteiger partial charge in [0.15, 0.2) is 0 Å². The normalized spacial score (nSPS) is 22.4. The van der Waals surface area contributed by atoms with Gasteiger partial charge in [-0.1, -0.05) is 12.1 Å². The summed E-state index contributed by atoms with van der Waals surface area (Å²) in [6.07, 6.45) is 2.09. The first-order valence-electron chi connectivity index (χ1n) is 4.87. The molecule has 3 nitrogen and oxygen atoms in total. The number of carboxylic acids is 1. The minimum Gasteiger partial charge on any atom is -0.480 e. The second-order valence-electron chi connectivity index (χ2n) is 3.93. The molecule has 14 heavy (non-hydrogen) atoms. The Kier molecular flexibility index (Phi) is 1.47. The minimum atomic E-state index is -0.760. The van der Waals surface area contributed by atoms with Gasteiger partial charge in [-0.2, -0.15) is 0 Å². The lowest BCUT2D eigenvalue weighted by atomic mass is 9.84. The van der Waals surface area contributed by atoms with E-state index in [2.05, 4.69) is 17.4 Å². The van der Waals surface area contributed by atoms with Crippen LogP contribution in [0.2, 0.25) is 0 Å². The molecule has 2 aliphatic carbocycles. The van der Waals surface area contributed by atoms with Gasteiger partial charge in [0.1, 0.15) is 6.04 Å². The van der Waals surface area contributed by atoms with Crippen LogP contribution >= 0.6 is 0 Å². The fourth-order valence-corrected chi connectivity index (χ4v) is 2.57. The Labute approximate surface area is 81.8 Å². The Balaban J connectivity index is 2.21. The highest BCUT2D eigenvalue weighted by Crippen LogP contribution is 2.36. The Morgan fingerprint density at radius 2 is 2.07 bits per heavy atom. The summed E-state index contributed by atoms with van der Waals surface area (Å²) in [5, 5.41) is 12.1. The number of aliphatic carboxylic acids is 1. The summed E-state index contributed by atoms with van der Waals surface area (Å²) >= 11 is 0. The van der Waals surface area contributed by atoms with Crippen LogP contribution < -0.4 is 5.32 Å². The van der Waals surface area contributed by atoms with Crippen molar-refractivity contribution in [3.8, 4) is 0 Å². The van der Waals surface area contributed by atoms with Crippen molar-refractivity contribution in [2.24, 2.45) is 0 Å². The van der Waals surface area contributed by atoms with E-state index >= 15 is 0 Å². The van der Waals surface area contributed by atoms with Crippen molar-refractivity contribution >= 4 is 5.97 Å². The van der Waals surface area contributed by atoms with Gasteiger partial charge in [-0.3, -0.25) is 10.1 Å². The molecule has 2 bridgehead atoms. The lowest BCUT2D eigenvalue weighted by molar-refractivity contribution is -0.139. The lowest BCUT2D eigenvalue weighted by Gasteiger charge is -2.20.